The highest BCUT2D eigenvalue weighted by atomic mass is 32.2. The van der Waals surface area contributed by atoms with Crippen molar-refractivity contribution in [2.24, 2.45) is 0 Å². The molecule has 1 fully saturated rings. The van der Waals surface area contributed by atoms with Gasteiger partial charge in [0.2, 0.25) is 10.0 Å². The van der Waals surface area contributed by atoms with Gasteiger partial charge in [-0.1, -0.05) is 18.2 Å². The molecule has 0 aliphatic carbocycles. The molecule has 1 heterocycles. The minimum atomic E-state index is -4.96. The van der Waals surface area contributed by atoms with Crippen molar-refractivity contribution < 1.29 is 26.0 Å². The largest absolute Gasteiger partial charge is 0.419 e. The number of para-hydroxylation sites is 1. The van der Waals surface area contributed by atoms with Crippen LogP contribution in [0, 0.1) is 5.82 Å². The van der Waals surface area contributed by atoms with Crippen LogP contribution in [0.25, 0.3) is 0 Å². The number of hydrogen-bond donors (Lipinski definition) is 1. The number of halogens is 4. The summed E-state index contributed by atoms with van der Waals surface area (Å²) in [5.74, 6) is -1.50. The second-order valence-electron chi connectivity index (χ2n) is 6.00. The first-order chi connectivity index (χ1) is 12.2. The summed E-state index contributed by atoms with van der Waals surface area (Å²) >= 11 is 0. The Morgan fingerprint density at radius 3 is 2.42 bits per heavy atom. The number of benzene rings is 2. The van der Waals surface area contributed by atoms with E-state index in [2.05, 4.69) is 5.32 Å². The molecule has 1 aliphatic rings. The molecule has 0 saturated carbocycles. The molecule has 1 aliphatic heterocycles. The van der Waals surface area contributed by atoms with Crippen LogP contribution in [0.4, 0.5) is 23.2 Å². The number of sulfonamides is 1. The van der Waals surface area contributed by atoms with Gasteiger partial charge in [-0.15, -0.1) is 0 Å². The molecule has 0 amide bonds. The predicted octanol–water partition coefficient (Wildman–Crippen LogP) is 3.72. The van der Waals surface area contributed by atoms with Crippen molar-refractivity contribution in [1.82, 2.24) is 4.31 Å². The molecule has 2 aromatic carbocycles. The smallest absolute Gasteiger partial charge is 0.381 e. The Kier molecular flexibility index (Phi) is 4.94. The van der Waals surface area contributed by atoms with Crippen LogP contribution in [0.5, 0.6) is 0 Å². The minimum Gasteiger partial charge on any atom is -0.381 e. The maximum atomic E-state index is 13.4. The van der Waals surface area contributed by atoms with Gasteiger partial charge in [-0.3, -0.25) is 0 Å². The van der Waals surface area contributed by atoms with Gasteiger partial charge in [0.15, 0.2) is 0 Å². The molecule has 0 aromatic heterocycles. The summed E-state index contributed by atoms with van der Waals surface area (Å²) in [5.41, 5.74) is -0.755. The number of rotatable bonds is 4. The zero-order chi connectivity index (χ0) is 18.9. The van der Waals surface area contributed by atoms with Gasteiger partial charge in [0.1, 0.15) is 5.82 Å². The van der Waals surface area contributed by atoms with Crippen molar-refractivity contribution in [3.63, 3.8) is 0 Å². The molecule has 140 valence electrons. The zero-order valence-electron chi connectivity index (χ0n) is 13.5. The fourth-order valence-corrected chi connectivity index (χ4v) is 4.39. The molecule has 0 spiro atoms. The van der Waals surface area contributed by atoms with E-state index in [1.807, 2.05) is 30.3 Å². The van der Waals surface area contributed by atoms with Crippen LogP contribution in [0.3, 0.4) is 0 Å². The maximum absolute atomic E-state index is 13.4. The lowest BCUT2D eigenvalue weighted by Crippen LogP contribution is -2.32. The Hall–Kier alpha value is -2.13. The number of nitrogens with one attached hydrogen (secondary N) is 1. The molecule has 1 saturated heterocycles. The van der Waals surface area contributed by atoms with Crippen molar-refractivity contribution in [3.8, 4) is 0 Å². The fourth-order valence-electron chi connectivity index (χ4n) is 2.87. The van der Waals surface area contributed by atoms with E-state index in [0.717, 1.165) is 16.1 Å². The molecule has 1 atom stereocenters. The highest BCUT2D eigenvalue weighted by Crippen LogP contribution is 2.34. The lowest BCUT2D eigenvalue weighted by Gasteiger charge is -2.18. The highest BCUT2D eigenvalue weighted by Gasteiger charge is 2.37. The highest BCUT2D eigenvalue weighted by molar-refractivity contribution is 7.89. The van der Waals surface area contributed by atoms with E-state index in [1.165, 1.54) is 0 Å². The summed E-state index contributed by atoms with van der Waals surface area (Å²) in [6, 6.07) is 10.8. The van der Waals surface area contributed by atoms with Crippen LogP contribution >= 0.6 is 0 Å². The number of hydrogen-bond acceptors (Lipinski definition) is 3. The molecule has 0 bridgehead atoms. The van der Waals surface area contributed by atoms with E-state index in [9.17, 15) is 26.0 Å². The molecule has 9 heteroatoms. The van der Waals surface area contributed by atoms with Gasteiger partial charge >= 0.3 is 6.18 Å². The molecule has 1 N–H and O–H groups in total. The molecule has 1 unspecified atom stereocenters. The van der Waals surface area contributed by atoms with Crippen molar-refractivity contribution >= 4 is 15.7 Å². The van der Waals surface area contributed by atoms with Gasteiger partial charge in [-0.2, -0.15) is 17.5 Å². The first-order valence-electron chi connectivity index (χ1n) is 7.86. The summed E-state index contributed by atoms with van der Waals surface area (Å²) in [7, 11) is -4.14. The van der Waals surface area contributed by atoms with Crippen molar-refractivity contribution in [3.05, 3.63) is 59.9 Å². The van der Waals surface area contributed by atoms with E-state index in [-0.39, 0.29) is 19.1 Å². The summed E-state index contributed by atoms with van der Waals surface area (Å²) < 4.78 is 78.3. The summed E-state index contributed by atoms with van der Waals surface area (Å²) in [4.78, 5) is -0.563. The molecule has 26 heavy (non-hydrogen) atoms. The van der Waals surface area contributed by atoms with E-state index >= 15 is 0 Å². The third kappa shape index (κ3) is 3.83. The van der Waals surface area contributed by atoms with Crippen molar-refractivity contribution in [2.75, 3.05) is 18.4 Å². The lowest BCUT2D eigenvalue weighted by molar-refractivity contribution is -0.140. The van der Waals surface area contributed by atoms with Gasteiger partial charge in [0.05, 0.1) is 10.5 Å². The molecule has 4 nitrogen and oxygen atoms in total. The SMILES string of the molecule is O=S(=O)(c1ccc(F)c(C(F)(F)F)c1)N1CCC(Nc2ccccc2)C1. The van der Waals surface area contributed by atoms with Crippen molar-refractivity contribution in [2.45, 2.75) is 23.5 Å². The molecule has 0 radical (unpaired) electrons. The average molecular weight is 388 g/mol. The van der Waals surface area contributed by atoms with Crippen LogP contribution in [0.15, 0.2) is 53.4 Å². The Morgan fingerprint density at radius 1 is 1.08 bits per heavy atom. The molecule has 3 rings (SSSR count). The Bertz CT molecular complexity index is 885. The van der Waals surface area contributed by atoms with E-state index < -0.39 is 32.5 Å². The average Bonchev–Trinajstić information content (AvgIpc) is 3.04. The summed E-state index contributed by atoms with van der Waals surface area (Å²) in [6.07, 6.45) is -4.44. The van der Waals surface area contributed by atoms with Crippen LogP contribution < -0.4 is 5.32 Å². The number of nitrogens with zero attached hydrogens (tertiary/aromatic N) is 1. The lowest BCUT2D eigenvalue weighted by atomic mass is 10.2. The summed E-state index contributed by atoms with van der Waals surface area (Å²) in [6.45, 7) is 0.293. The van der Waals surface area contributed by atoms with Gasteiger partial charge < -0.3 is 5.32 Å². The van der Waals surface area contributed by atoms with Crippen LogP contribution in [-0.4, -0.2) is 31.9 Å². The standard InChI is InChI=1S/C17H16F4N2O2S/c18-16-7-6-14(10-15(16)17(19,20)21)26(24,25)23-9-8-13(11-23)22-12-4-2-1-3-5-12/h1-7,10,13,22H,8-9,11H2. The second-order valence-corrected chi connectivity index (χ2v) is 7.94. The first kappa shape index (κ1) is 18.7. The Labute approximate surface area is 148 Å². The van der Waals surface area contributed by atoms with Crippen LogP contribution in [0.1, 0.15) is 12.0 Å². The number of alkyl halides is 3. The zero-order valence-corrected chi connectivity index (χ0v) is 14.3. The minimum absolute atomic E-state index is 0.121. The van der Waals surface area contributed by atoms with Gasteiger partial charge in [0.25, 0.3) is 0 Å². The summed E-state index contributed by atoms with van der Waals surface area (Å²) in [5, 5.41) is 3.19. The van der Waals surface area contributed by atoms with Gasteiger partial charge in [-0.05, 0) is 36.8 Å². The normalized spacial score (nSPS) is 18.8. The second kappa shape index (κ2) is 6.88. The third-order valence-electron chi connectivity index (χ3n) is 4.18. The van der Waals surface area contributed by atoms with E-state index in [1.54, 1.807) is 0 Å². The number of anilines is 1. The first-order valence-corrected chi connectivity index (χ1v) is 9.30. The quantitative estimate of drug-likeness (QED) is 0.813. The van der Waals surface area contributed by atoms with E-state index in [4.69, 9.17) is 0 Å². The Morgan fingerprint density at radius 2 is 1.77 bits per heavy atom. The van der Waals surface area contributed by atoms with Crippen LogP contribution in [0.2, 0.25) is 0 Å². The topological polar surface area (TPSA) is 49.4 Å². The molecule has 2 aromatic rings. The third-order valence-corrected chi connectivity index (χ3v) is 6.04. The maximum Gasteiger partial charge on any atom is 0.419 e. The Balaban J connectivity index is 1.79. The van der Waals surface area contributed by atoms with Crippen molar-refractivity contribution in [1.29, 1.82) is 0 Å². The van der Waals surface area contributed by atoms with Gasteiger partial charge in [-0.25, -0.2) is 12.8 Å². The monoisotopic (exact) mass is 388 g/mol. The molecular formula is C17H16F4N2O2S. The predicted molar refractivity (Wildman–Crippen MR) is 88.6 cm³/mol. The molecular weight excluding hydrogens is 372 g/mol. The van der Waals surface area contributed by atoms with E-state index in [0.29, 0.717) is 18.6 Å². The fraction of sp³-hybridized carbons (Fsp3) is 0.294. The van der Waals surface area contributed by atoms with Gasteiger partial charge in [0, 0.05) is 24.8 Å². The van der Waals surface area contributed by atoms with Crippen LogP contribution in [-0.2, 0) is 16.2 Å².